The van der Waals surface area contributed by atoms with Crippen molar-refractivity contribution < 1.29 is 15.0 Å². The Labute approximate surface area is 124 Å². The molecule has 1 fully saturated rings. The number of aromatic carboxylic acids is 1. The van der Waals surface area contributed by atoms with E-state index in [0.29, 0.717) is 18.2 Å². The van der Waals surface area contributed by atoms with Crippen LogP contribution in [-0.2, 0) is 0 Å². The first kappa shape index (κ1) is 15.7. The summed E-state index contributed by atoms with van der Waals surface area (Å²) in [5.41, 5.74) is 0.633. The molecule has 0 radical (unpaired) electrons. The molecule has 1 aliphatic rings. The third kappa shape index (κ3) is 4.95. The van der Waals surface area contributed by atoms with Crippen molar-refractivity contribution in [3.8, 4) is 0 Å². The summed E-state index contributed by atoms with van der Waals surface area (Å²) in [7, 11) is 0. The SMILES string of the molecule is Cc1cc(C(=O)O)nc(NCCCN2CCCC(O)C2)n1. The Hall–Kier alpha value is -1.73. The molecule has 7 heteroatoms. The van der Waals surface area contributed by atoms with Crippen LogP contribution in [0, 0.1) is 6.92 Å². The summed E-state index contributed by atoms with van der Waals surface area (Å²) < 4.78 is 0. The minimum absolute atomic E-state index is 0.00385. The van der Waals surface area contributed by atoms with Crippen molar-refractivity contribution in [3.63, 3.8) is 0 Å². The zero-order valence-corrected chi connectivity index (χ0v) is 12.2. The third-order valence-electron chi connectivity index (χ3n) is 3.49. The van der Waals surface area contributed by atoms with Crippen LogP contribution >= 0.6 is 0 Å². The molecule has 0 spiro atoms. The van der Waals surface area contributed by atoms with Gasteiger partial charge in [-0.25, -0.2) is 14.8 Å². The number of hydrogen-bond donors (Lipinski definition) is 3. The number of carboxylic acid groups (broad SMARTS) is 1. The molecule has 0 saturated carbocycles. The van der Waals surface area contributed by atoms with E-state index in [-0.39, 0.29) is 11.8 Å². The zero-order valence-electron chi connectivity index (χ0n) is 12.2. The summed E-state index contributed by atoms with van der Waals surface area (Å²) in [4.78, 5) is 21.3. The summed E-state index contributed by atoms with van der Waals surface area (Å²) in [5.74, 6) is -0.697. The fraction of sp³-hybridized carbons (Fsp3) is 0.643. The van der Waals surface area contributed by atoms with Gasteiger partial charge in [0, 0.05) is 18.8 Å². The van der Waals surface area contributed by atoms with Crippen molar-refractivity contribution in [3.05, 3.63) is 17.5 Å². The molecule has 1 aliphatic heterocycles. The van der Waals surface area contributed by atoms with Gasteiger partial charge >= 0.3 is 5.97 Å². The normalized spacial score (nSPS) is 19.4. The smallest absolute Gasteiger partial charge is 0.354 e. The number of aliphatic hydroxyl groups is 1. The number of nitrogens with one attached hydrogen (secondary N) is 1. The highest BCUT2D eigenvalue weighted by Crippen LogP contribution is 2.10. The summed E-state index contributed by atoms with van der Waals surface area (Å²) in [6, 6.07) is 1.45. The molecule has 2 rings (SSSR count). The number of aliphatic hydroxyl groups excluding tert-OH is 1. The quantitative estimate of drug-likeness (QED) is 0.666. The molecule has 1 aromatic heterocycles. The largest absolute Gasteiger partial charge is 0.477 e. The van der Waals surface area contributed by atoms with E-state index in [1.165, 1.54) is 6.07 Å². The Kier molecular flexibility index (Phi) is 5.46. The molecular weight excluding hydrogens is 272 g/mol. The van der Waals surface area contributed by atoms with Gasteiger partial charge in [-0.3, -0.25) is 0 Å². The maximum atomic E-state index is 10.9. The molecule has 116 valence electrons. The molecule has 0 amide bonds. The number of β-amino-alcohol motifs (C(OH)–C–C–N with tert-alkyl or cyclic N) is 1. The summed E-state index contributed by atoms with van der Waals surface area (Å²) in [6.07, 6.45) is 2.62. The highest BCUT2D eigenvalue weighted by Gasteiger charge is 2.16. The van der Waals surface area contributed by atoms with Gasteiger partial charge in [-0.2, -0.15) is 0 Å². The number of likely N-dealkylation sites (tertiary alicyclic amines) is 1. The van der Waals surface area contributed by atoms with Gasteiger partial charge < -0.3 is 20.4 Å². The predicted octanol–water partition coefficient (Wildman–Crippen LogP) is 0.742. The lowest BCUT2D eigenvalue weighted by atomic mass is 10.1. The fourth-order valence-corrected chi connectivity index (χ4v) is 2.49. The van der Waals surface area contributed by atoms with Crippen LogP contribution in [0.15, 0.2) is 6.07 Å². The van der Waals surface area contributed by atoms with Crippen LogP contribution < -0.4 is 5.32 Å². The first-order valence-electron chi connectivity index (χ1n) is 7.28. The number of rotatable bonds is 6. The highest BCUT2D eigenvalue weighted by molar-refractivity contribution is 5.85. The van der Waals surface area contributed by atoms with Crippen molar-refractivity contribution in [1.29, 1.82) is 0 Å². The number of anilines is 1. The predicted molar refractivity (Wildman–Crippen MR) is 78.5 cm³/mol. The number of piperidine rings is 1. The van der Waals surface area contributed by atoms with Gasteiger partial charge in [-0.1, -0.05) is 0 Å². The van der Waals surface area contributed by atoms with Gasteiger partial charge in [0.1, 0.15) is 0 Å². The average Bonchev–Trinajstić information content (AvgIpc) is 2.43. The van der Waals surface area contributed by atoms with Crippen LogP contribution in [0.1, 0.15) is 35.4 Å². The van der Waals surface area contributed by atoms with Crippen LogP contribution in [0.2, 0.25) is 0 Å². The number of hydrogen-bond acceptors (Lipinski definition) is 6. The molecule has 1 aromatic rings. The van der Waals surface area contributed by atoms with Crippen molar-refractivity contribution in [2.45, 2.75) is 32.3 Å². The van der Waals surface area contributed by atoms with E-state index in [4.69, 9.17) is 5.11 Å². The summed E-state index contributed by atoms with van der Waals surface area (Å²) in [5, 5.41) is 21.6. The number of nitrogens with zero attached hydrogens (tertiary/aromatic N) is 3. The van der Waals surface area contributed by atoms with Gasteiger partial charge in [0.2, 0.25) is 5.95 Å². The second kappa shape index (κ2) is 7.33. The van der Waals surface area contributed by atoms with Crippen LogP contribution in [0.4, 0.5) is 5.95 Å². The summed E-state index contributed by atoms with van der Waals surface area (Å²) >= 11 is 0. The fourth-order valence-electron chi connectivity index (χ4n) is 2.49. The lowest BCUT2D eigenvalue weighted by Gasteiger charge is -2.29. The Bertz CT molecular complexity index is 495. The van der Waals surface area contributed by atoms with Gasteiger partial charge in [0.05, 0.1) is 6.10 Å². The van der Waals surface area contributed by atoms with Crippen molar-refractivity contribution in [2.24, 2.45) is 0 Å². The van der Waals surface area contributed by atoms with E-state index in [2.05, 4.69) is 20.2 Å². The second-order valence-corrected chi connectivity index (χ2v) is 5.40. The molecule has 7 nitrogen and oxygen atoms in total. The van der Waals surface area contributed by atoms with Crippen molar-refractivity contribution in [2.75, 3.05) is 31.5 Å². The molecular formula is C14H22N4O3. The van der Waals surface area contributed by atoms with Gasteiger partial charge in [-0.05, 0) is 45.3 Å². The molecule has 2 heterocycles. The van der Waals surface area contributed by atoms with Gasteiger partial charge in [0.15, 0.2) is 5.69 Å². The van der Waals surface area contributed by atoms with Crippen LogP contribution in [0.25, 0.3) is 0 Å². The molecule has 0 aromatic carbocycles. The zero-order chi connectivity index (χ0) is 15.2. The van der Waals surface area contributed by atoms with E-state index in [0.717, 1.165) is 38.9 Å². The van der Waals surface area contributed by atoms with Gasteiger partial charge in [-0.15, -0.1) is 0 Å². The molecule has 21 heavy (non-hydrogen) atoms. The second-order valence-electron chi connectivity index (χ2n) is 5.40. The number of aryl methyl sites for hydroxylation is 1. The minimum Gasteiger partial charge on any atom is -0.477 e. The molecule has 3 N–H and O–H groups in total. The van der Waals surface area contributed by atoms with E-state index in [1.807, 2.05) is 0 Å². The number of carboxylic acids is 1. The third-order valence-corrected chi connectivity index (χ3v) is 3.49. The first-order valence-corrected chi connectivity index (χ1v) is 7.28. The van der Waals surface area contributed by atoms with E-state index in [1.54, 1.807) is 6.92 Å². The number of carbonyl (C=O) groups is 1. The minimum atomic E-state index is -1.05. The maximum absolute atomic E-state index is 10.9. The van der Waals surface area contributed by atoms with Crippen molar-refractivity contribution in [1.82, 2.24) is 14.9 Å². The van der Waals surface area contributed by atoms with E-state index in [9.17, 15) is 9.90 Å². The molecule has 1 unspecified atom stereocenters. The number of aromatic nitrogens is 2. The van der Waals surface area contributed by atoms with E-state index >= 15 is 0 Å². The van der Waals surface area contributed by atoms with Crippen LogP contribution in [0.5, 0.6) is 0 Å². The molecule has 1 atom stereocenters. The highest BCUT2D eigenvalue weighted by atomic mass is 16.4. The molecule has 0 aliphatic carbocycles. The average molecular weight is 294 g/mol. The summed E-state index contributed by atoms with van der Waals surface area (Å²) in [6.45, 7) is 5.09. The Balaban J connectivity index is 1.77. The van der Waals surface area contributed by atoms with Gasteiger partial charge in [0.25, 0.3) is 0 Å². The Morgan fingerprint density at radius 3 is 3.05 bits per heavy atom. The lowest BCUT2D eigenvalue weighted by molar-refractivity contribution is 0.0689. The monoisotopic (exact) mass is 294 g/mol. The topological polar surface area (TPSA) is 98.6 Å². The first-order chi connectivity index (χ1) is 10.0. The maximum Gasteiger partial charge on any atom is 0.354 e. The van der Waals surface area contributed by atoms with Crippen LogP contribution in [-0.4, -0.2) is 63.3 Å². The lowest BCUT2D eigenvalue weighted by Crippen LogP contribution is -2.39. The standard InChI is InChI=1S/C14H22N4O3/c1-10-8-12(13(20)21)17-14(16-10)15-5-3-7-18-6-2-4-11(19)9-18/h8,11,19H,2-7,9H2,1H3,(H,20,21)(H,15,16,17). The Morgan fingerprint density at radius 2 is 2.33 bits per heavy atom. The van der Waals surface area contributed by atoms with Crippen molar-refractivity contribution >= 4 is 11.9 Å². The molecule has 0 bridgehead atoms. The molecule has 1 saturated heterocycles. The Morgan fingerprint density at radius 1 is 1.52 bits per heavy atom. The van der Waals surface area contributed by atoms with Crippen LogP contribution in [0.3, 0.4) is 0 Å². The van der Waals surface area contributed by atoms with E-state index < -0.39 is 5.97 Å².